The van der Waals surface area contributed by atoms with Crippen LogP contribution in [-0.4, -0.2) is 51.2 Å². The van der Waals surface area contributed by atoms with Crippen molar-refractivity contribution < 1.29 is 9.21 Å². The van der Waals surface area contributed by atoms with E-state index in [2.05, 4.69) is 77.8 Å². The van der Waals surface area contributed by atoms with Gasteiger partial charge in [0.1, 0.15) is 5.76 Å². The molecule has 1 saturated heterocycles. The second-order valence-electron chi connectivity index (χ2n) is 9.56. The van der Waals surface area contributed by atoms with E-state index in [4.69, 9.17) is 9.52 Å². The standard InChI is InChI=1S/C28H33N5O2/c1-4-26-25-11-10-22(15-27(25)33(30-26)20(2)3)31-12-13-32(28(34)16-24-17-29-19-35-24)23(18-31)14-21-8-6-5-7-9-21/h5-11,15,17,19-20,23H,4,12-14,16,18H2,1-3H3. The van der Waals surface area contributed by atoms with Gasteiger partial charge in [0.05, 0.1) is 29.9 Å². The predicted molar refractivity (Wildman–Crippen MR) is 138 cm³/mol. The van der Waals surface area contributed by atoms with E-state index in [1.165, 1.54) is 28.5 Å². The number of piperazine rings is 1. The molecule has 2 aromatic heterocycles. The first kappa shape index (κ1) is 23.1. The molecule has 1 atom stereocenters. The second-order valence-corrected chi connectivity index (χ2v) is 9.56. The highest BCUT2D eigenvalue weighted by Gasteiger charge is 2.31. The molecule has 35 heavy (non-hydrogen) atoms. The lowest BCUT2D eigenvalue weighted by Crippen LogP contribution is -2.56. The average Bonchev–Trinajstić information content (AvgIpc) is 3.51. The molecule has 0 N–H and O–H groups in total. The summed E-state index contributed by atoms with van der Waals surface area (Å²) in [6.45, 7) is 8.74. The summed E-state index contributed by atoms with van der Waals surface area (Å²) in [5.41, 5.74) is 4.74. The van der Waals surface area contributed by atoms with E-state index in [-0.39, 0.29) is 18.4 Å². The number of carbonyl (C=O) groups is 1. The second kappa shape index (κ2) is 9.94. The topological polar surface area (TPSA) is 67.4 Å². The summed E-state index contributed by atoms with van der Waals surface area (Å²) >= 11 is 0. The van der Waals surface area contributed by atoms with E-state index in [1.54, 1.807) is 6.20 Å². The van der Waals surface area contributed by atoms with Crippen molar-refractivity contribution in [2.24, 2.45) is 0 Å². The molecular weight excluding hydrogens is 438 g/mol. The molecular formula is C28H33N5O2. The number of rotatable bonds is 7. The molecule has 1 unspecified atom stereocenters. The molecule has 2 aromatic carbocycles. The molecule has 0 bridgehead atoms. The van der Waals surface area contributed by atoms with Crippen LogP contribution in [0.25, 0.3) is 10.9 Å². The van der Waals surface area contributed by atoms with Crippen LogP contribution in [0.1, 0.15) is 43.8 Å². The quantitative estimate of drug-likeness (QED) is 0.392. The lowest BCUT2D eigenvalue weighted by atomic mass is 10.0. The van der Waals surface area contributed by atoms with Crippen LogP contribution in [0, 0.1) is 0 Å². The fourth-order valence-corrected chi connectivity index (χ4v) is 5.10. The number of amides is 1. The van der Waals surface area contributed by atoms with Crippen molar-refractivity contribution in [3.63, 3.8) is 0 Å². The number of benzene rings is 2. The Labute approximate surface area is 206 Å². The third-order valence-electron chi connectivity index (χ3n) is 6.88. The molecule has 0 spiro atoms. The zero-order valence-corrected chi connectivity index (χ0v) is 20.7. The third kappa shape index (κ3) is 4.81. The number of carbonyl (C=O) groups excluding carboxylic acids is 1. The van der Waals surface area contributed by atoms with Crippen LogP contribution in [0.2, 0.25) is 0 Å². The average molecular weight is 472 g/mol. The number of nitrogens with zero attached hydrogens (tertiary/aromatic N) is 5. The summed E-state index contributed by atoms with van der Waals surface area (Å²) in [6.07, 6.45) is 4.97. The SMILES string of the molecule is CCc1nn(C(C)C)c2cc(N3CCN(C(=O)Cc4cnco4)C(Cc4ccccc4)C3)ccc12. The van der Waals surface area contributed by atoms with E-state index in [9.17, 15) is 4.79 Å². The minimum Gasteiger partial charge on any atom is -0.448 e. The van der Waals surface area contributed by atoms with Gasteiger partial charge in [-0.05, 0) is 50.5 Å². The largest absolute Gasteiger partial charge is 0.448 e. The molecule has 182 valence electrons. The van der Waals surface area contributed by atoms with Gasteiger partial charge in [0, 0.05) is 36.7 Å². The Morgan fingerprint density at radius 1 is 1.14 bits per heavy atom. The summed E-state index contributed by atoms with van der Waals surface area (Å²) < 4.78 is 7.48. The van der Waals surface area contributed by atoms with Crippen LogP contribution in [0.5, 0.6) is 0 Å². The Morgan fingerprint density at radius 3 is 2.69 bits per heavy atom. The Balaban J connectivity index is 1.42. The van der Waals surface area contributed by atoms with Crippen molar-refractivity contribution in [3.8, 4) is 0 Å². The molecule has 7 nitrogen and oxygen atoms in total. The van der Waals surface area contributed by atoms with Crippen LogP contribution in [0.4, 0.5) is 5.69 Å². The Hall–Kier alpha value is -3.61. The van der Waals surface area contributed by atoms with Crippen LogP contribution in [0.3, 0.4) is 0 Å². The van der Waals surface area contributed by atoms with Crippen molar-refractivity contribution in [2.45, 2.75) is 52.1 Å². The number of aromatic nitrogens is 3. The zero-order valence-electron chi connectivity index (χ0n) is 20.7. The predicted octanol–water partition coefficient (Wildman–Crippen LogP) is 4.67. The summed E-state index contributed by atoms with van der Waals surface area (Å²) in [4.78, 5) is 21.6. The minimum absolute atomic E-state index is 0.0680. The summed E-state index contributed by atoms with van der Waals surface area (Å²) in [6, 6.07) is 17.5. The van der Waals surface area contributed by atoms with Crippen molar-refractivity contribution in [1.82, 2.24) is 19.7 Å². The van der Waals surface area contributed by atoms with Gasteiger partial charge in [0.15, 0.2) is 6.39 Å². The summed E-state index contributed by atoms with van der Waals surface area (Å²) in [5, 5.41) is 6.09. The maximum atomic E-state index is 13.2. The first-order valence-corrected chi connectivity index (χ1v) is 12.5. The maximum absolute atomic E-state index is 13.2. The minimum atomic E-state index is 0.0680. The monoisotopic (exact) mass is 471 g/mol. The molecule has 1 aliphatic heterocycles. The van der Waals surface area contributed by atoms with Gasteiger partial charge < -0.3 is 14.2 Å². The van der Waals surface area contributed by atoms with Crippen molar-refractivity contribution in [3.05, 3.63) is 78.1 Å². The lowest BCUT2D eigenvalue weighted by Gasteiger charge is -2.42. The van der Waals surface area contributed by atoms with Crippen LogP contribution < -0.4 is 4.90 Å². The van der Waals surface area contributed by atoms with E-state index in [0.29, 0.717) is 18.3 Å². The number of fused-ring (bicyclic) bond motifs is 1. The first-order chi connectivity index (χ1) is 17.0. The van der Waals surface area contributed by atoms with Crippen molar-refractivity contribution in [2.75, 3.05) is 24.5 Å². The maximum Gasteiger partial charge on any atom is 0.230 e. The lowest BCUT2D eigenvalue weighted by molar-refractivity contribution is -0.133. The van der Waals surface area contributed by atoms with Gasteiger partial charge >= 0.3 is 0 Å². The fraction of sp³-hybridized carbons (Fsp3) is 0.393. The smallest absolute Gasteiger partial charge is 0.230 e. The normalized spacial score (nSPS) is 16.4. The summed E-state index contributed by atoms with van der Waals surface area (Å²) in [5.74, 6) is 0.693. The number of anilines is 1. The molecule has 1 aliphatic rings. The molecule has 5 rings (SSSR count). The van der Waals surface area contributed by atoms with E-state index >= 15 is 0 Å². The van der Waals surface area contributed by atoms with Crippen LogP contribution in [-0.2, 0) is 24.1 Å². The molecule has 0 aliphatic carbocycles. The van der Waals surface area contributed by atoms with Gasteiger partial charge in [0.25, 0.3) is 0 Å². The van der Waals surface area contributed by atoms with Gasteiger partial charge in [-0.1, -0.05) is 37.3 Å². The van der Waals surface area contributed by atoms with E-state index in [0.717, 1.165) is 31.6 Å². The highest BCUT2D eigenvalue weighted by atomic mass is 16.3. The van der Waals surface area contributed by atoms with Crippen LogP contribution in [0.15, 0.2) is 65.5 Å². The van der Waals surface area contributed by atoms with Gasteiger partial charge in [-0.25, -0.2) is 4.98 Å². The van der Waals surface area contributed by atoms with Gasteiger partial charge in [0.2, 0.25) is 5.91 Å². The highest BCUT2D eigenvalue weighted by Crippen LogP contribution is 2.29. The van der Waals surface area contributed by atoms with Crippen molar-refractivity contribution in [1.29, 1.82) is 0 Å². The number of hydrogen-bond acceptors (Lipinski definition) is 5. The molecule has 1 fully saturated rings. The zero-order chi connectivity index (χ0) is 24.4. The van der Waals surface area contributed by atoms with Crippen LogP contribution >= 0.6 is 0 Å². The summed E-state index contributed by atoms with van der Waals surface area (Å²) in [7, 11) is 0. The third-order valence-corrected chi connectivity index (χ3v) is 6.88. The van der Waals surface area contributed by atoms with Gasteiger partial charge in [-0.3, -0.25) is 9.48 Å². The molecule has 4 aromatic rings. The van der Waals surface area contributed by atoms with E-state index in [1.807, 2.05) is 11.0 Å². The Kier molecular flexibility index (Phi) is 6.57. The number of oxazole rings is 1. The number of hydrogen-bond donors (Lipinski definition) is 0. The molecule has 1 amide bonds. The molecule has 0 saturated carbocycles. The van der Waals surface area contributed by atoms with Gasteiger partial charge in [-0.15, -0.1) is 0 Å². The molecule has 3 heterocycles. The van der Waals surface area contributed by atoms with Crippen molar-refractivity contribution >= 4 is 22.5 Å². The fourth-order valence-electron chi connectivity index (χ4n) is 5.10. The highest BCUT2D eigenvalue weighted by molar-refractivity contribution is 5.86. The first-order valence-electron chi connectivity index (χ1n) is 12.5. The van der Waals surface area contributed by atoms with Gasteiger partial charge in [-0.2, -0.15) is 5.10 Å². The van der Waals surface area contributed by atoms with E-state index < -0.39 is 0 Å². The molecule has 7 heteroatoms. The number of aryl methyl sites for hydroxylation is 1. The Morgan fingerprint density at radius 2 is 1.97 bits per heavy atom. The molecule has 0 radical (unpaired) electrons. The Bertz CT molecular complexity index is 1280.